The third kappa shape index (κ3) is 2.13. The van der Waals surface area contributed by atoms with Gasteiger partial charge in [-0.05, 0) is 31.5 Å². The second kappa shape index (κ2) is 4.72. The van der Waals surface area contributed by atoms with Crippen molar-refractivity contribution in [2.45, 2.75) is 19.8 Å². The van der Waals surface area contributed by atoms with E-state index in [1.54, 1.807) is 23.7 Å². The second-order valence-electron chi connectivity index (χ2n) is 3.76. The smallest absolute Gasteiger partial charge is 0.102 e. The standard InChI is InChI=1S/C12H15N3S/c1-8-9(2)16-12(15-8)11(7-13)10-3-5-14-6-4-10/h3-6,11H,7,13H2,1-2H3. The molecule has 2 aromatic rings. The first-order valence-electron chi connectivity index (χ1n) is 5.26. The van der Waals surface area contributed by atoms with Crippen LogP contribution in [0.4, 0.5) is 0 Å². The fourth-order valence-corrected chi connectivity index (χ4v) is 2.69. The molecule has 2 N–H and O–H groups in total. The number of rotatable bonds is 3. The third-order valence-corrected chi connectivity index (χ3v) is 3.87. The molecule has 2 heterocycles. The highest BCUT2D eigenvalue weighted by atomic mass is 32.1. The van der Waals surface area contributed by atoms with Gasteiger partial charge in [-0.2, -0.15) is 0 Å². The lowest BCUT2D eigenvalue weighted by Gasteiger charge is -2.11. The highest BCUT2D eigenvalue weighted by Crippen LogP contribution is 2.28. The van der Waals surface area contributed by atoms with Crippen molar-refractivity contribution in [3.63, 3.8) is 0 Å². The summed E-state index contributed by atoms with van der Waals surface area (Å²) in [6, 6.07) is 4.01. The Morgan fingerprint density at radius 3 is 2.50 bits per heavy atom. The lowest BCUT2D eigenvalue weighted by atomic mass is 10.0. The molecule has 0 bridgehead atoms. The maximum Gasteiger partial charge on any atom is 0.102 e. The van der Waals surface area contributed by atoms with Gasteiger partial charge in [-0.25, -0.2) is 4.98 Å². The normalized spacial score (nSPS) is 12.7. The highest BCUT2D eigenvalue weighted by Gasteiger charge is 2.16. The van der Waals surface area contributed by atoms with Gasteiger partial charge in [0.25, 0.3) is 0 Å². The molecule has 0 aliphatic rings. The maximum absolute atomic E-state index is 5.84. The molecule has 0 aromatic carbocycles. The lowest BCUT2D eigenvalue weighted by Crippen LogP contribution is -2.13. The first-order chi connectivity index (χ1) is 7.72. The second-order valence-corrected chi connectivity index (χ2v) is 5.00. The Morgan fingerprint density at radius 1 is 1.31 bits per heavy atom. The quantitative estimate of drug-likeness (QED) is 0.884. The van der Waals surface area contributed by atoms with E-state index < -0.39 is 0 Å². The summed E-state index contributed by atoms with van der Waals surface area (Å²) in [6.45, 7) is 4.71. The van der Waals surface area contributed by atoms with Crippen molar-refractivity contribution < 1.29 is 0 Å². The van der Waals surface area contributed by atoms with E-state index in [0.717, 1.165) is 10.7 Å². The summed E-state index contributed by atoms with van der Waals surface area (Å²) in [6.07, 6.45) is 3.59. The van der Waals surface area contributed by atoms with Crippen molar-refractivity contribution in [1.82, 2.24) is 9.97 Å². The molecule has 0 saturated carbocycles. The molecule has 3 nitrogen and oxygen atoms in total. The lowest BCUT2D eigenvalue weighted by molar-refractivity contribution is 0.804. The predicted octanol–water partition coefficient (Wildman–Crippen LogP) is 2.25. The summed E-state index contributed by atoms with van der Waals surface area (Å²) in [7, 11) is 0. The van der Waals surface area contributed by atoms with E-state index in [9.17, 15) is 0 Å². The molecule has 1 unspecified atom stereocenters. The van der Waals surface area contributed by atoms with Gasteiger partial charge in [-0.15, -0.1) is 11.3 Å². The number of nitrogens with two attached hydrogens (primary N) is 1. The first-order valence-corrected chi connectivity index (χ1v) is 6.08. The van der Waals surface area contributed by atoms with Gasteiger partial charge in [0.1, 0.15) is 5.01 Å². The molecule has 1 atom stereocenters. The largest absolute Gasteiger partial charge is 0.329 e. The molecule has 2 aromatic heterocycles. The van der Waals surface area contributed by atoms with E-state index in [1.807, 2.05) is 19.1 Å². The van der Waals surface area contributed by atoms with Crippen LogP contribution in [0.15, 0.2) is 24.5 Å². The summed E-state index contributed by atoms with van der Waals surface area (Å²) >= 11 is 1.73. The Balaban J connectivity index is 2.37. The molecular weight excluding hydrogens is 218 g/mol. The van der Waals surface area contributed by atoms with Crippen molar-refractivity contribution in [1.29, 1.82) is 0 Å². The third-order valence-electron chi connectivity index (χ3n) is 2.69. The molecule has 2 rings (SSSR count). The van der Waals surface area contributed by atoms with Crippen LogP contribution in [0.1, 0.15) is 27.1 Å². The molecule has 0 fully saturated rings. The molecule has 0 radical (unpaired) electrons. The molecule has 16 heavy (non-hydrogen) atoms. The van der Waals surface area contributed by atoms with E-state index in [4.69, 9.17) is 5.73 Å². The van der Waals surface area contributed by atoms with Crippen LogP contribution >= 0.6 is 11.3 Å². The predicted molar refractivity (Wildman–Crippen MR) is 66.7 cm³/mol. The average Bonchev–Trinajstić information content (AvgIpc) is 2.61. The summed E-state index contributed by atoms with van der Waals surface area (Å²) < 4.78 is 0. The minimum atomic E-state index is 0.195. The number of nitrogens with zero attached hydrogens (tertiary/aromatic N) is 2. The fourth-order valence-electron chi connectivity index (χ4n) is 1.62. The van der Waals surface area contributed by atoms with Gasteiger partial charge in [-0.1, -0.05) is 0 Å². The van der Waals surface area contributed by atoms with Crippen LogP contribution in [0, 0.1) is 13.8 Å². The van der Waals surface area contributed by atoms with Crippen molar-refractivity contribution >= 4 is 11.3 Å². The summed E-state index contributed by atoms with van der Waals surface area (Å²) in [5.74, 6) is 0.195. The van der Waals surface area contributed by atoms with Crippen molar-refractivity contribution in [2.24, 2.45) is 5.73 Å². The summed E-state index contributed by atoms with van der Waals surface area (Å²) in [5.41, 5.74) is 8.13. The number of hydrogen-bond donors (Lipinski definition) is 1. The Hall–Kier alpha value is -1.26. The molecule has 84 valence electrons. The minimum Gasteiger partial charge on any atom is -0.329 e. The molecule has 0 aliphatic heterocycles. The topological polar surface area (TPSA) is 51.8 Å². The van der Waals surface area contributed by atoms with Gasteiger partial charge < -0.3 is 5.73 Å². The van der Waals surface area contributed by atoms with Crippen LogP contribution in [0.25, 0.3) is 0 Å². The Morgan fingerprint density at radius 2 is 2.00 bits per heavy atom. The molecule has 0 saturated heterocycles. The number of aryl methyl sites for hydroxylation is 2. The van der Waals surface area contributed by atoms with Gasteiger partial charge in [0.2, 0.25) is 0 Å². The summed E-state index contributed by atoms with van der Waals surface area (Å²) in [4.78, 5) is 9.86. The SMILES string of the molecule is Cc1nc(C(CN)c2ccncc2)sc1C. The van der Waals surface area contributed by atoms with Crippen LogP contribution in [-0.2, 0) is 0 Å². The Kier molecular flexibility index (Phi) is 3.31. The number of thiazole rings is 1. The van der Waals surface area contributed by atoms with Crippen LogP contribution in [0.2, 0.25) is 0 Å². The van der Waals surface area contributed by atoms with E-state index in [0.29, 0.717) is 6.54 Å². The zero-order valence-corrected chi connectivity index (χ0v) is 10.3. The maximum atomic E-state index is 5.84. The van der Waals surface area contributed by atoms with E-state index >= 15 is 0 Å². The minimum absolute atomic E-state index is 0.195. The van der Waals surface area contributed by atoms with E-state index in [2.05, 4.69) is 16.9 Å². The van der Waals surface area contributed by atoms with Gasteiger partial charge in [-0.3, -0.25) is 4.98 Å². The Labute approximate surface area is 99.4 Å². The van der Waals surface area contributed by atoms with Gasteiger partial charge in [0, 0.05) is 29.7 Å². The number of aromatic nitrogens is 2. The van der Waals surface area contributed by atoms with Gasteiger partial charge in [0.05, 0.1) is 5.69 Å². The first kappa shape index (κ1) is 11.2. The number of pyridine rings is 1. The zero-order chi connectivity index (χ0) is 11.5. The van der Waals surface area contributed by atoms with Crippen LogP contribution in [0.5, 0.6) is 0 Å². The fraction of sp³-hybridized carbons (Fsp3) is 0.333. The van der Waals surface area contributed by atoms with Crippen LogP contribution in [-0.4, -0.2) is 16.5 Å². The van der Waals surface area contributed by atoms with E-state index in [-0.39, 0.29) is 5.92 Å². The molecule has 0 amide bonds. The monoisotopic (exact) mass is 233 g/mol. The Bertz CT molecular complexity index is 445. The van der Waals surface area contributed by atoms with Crippen LogP contribution in [0.3, 0.4) is 0 Å². The zero-order valence-electron chi connectivity index (χ0n) is 9.47. The van der Waals surface area contributed by atoms with Crippen molar-refractivity contribution in [3.05, 3.63) is 45.7 Å². The molecule has 0 aliphatic carbocycles. The average molecular weight is 233 g/mol. The van der Waals surface area contributed by atoms with Crippen molar-refractivity contribution in [2.75, 3.05) is 6.54 Å². The molecule has 4 heteroatoms. The summed E-state index contributed by atoms with van der Waals surface area (Å²) in [5, 5.41) is 1.10. The van der Waals surface area contributed by atoms with Gasteiger partial charge >= 0.3 is 0 Å². The van der Waals surface area contributed by atoms with E-state index in [1.165, 1.54) is 10.4 Å². The number of hydrogen-bond acceptors (Lipinski definition) is 4. The molecule has 0 spiro atoms. The van der Waals surface area contributed by atoms with Crippen LogP contribution < -0.4 is 5.73 Å². The highest BCUT2D eigenvalue weighted by molar-refractivity contribution is 7.11. The van der Waals surface area contributed by atoms with Gasteiger partial charge in [0.15, 0.2) is 0 Å². The van der Waals surface area contributed by atoms with Crippen molar-refractivity contribution in [3.8, 4) is 0 Å². The molecular formula is C12H15N3S.